The van der Waals surface area contributed by atoms with Gasteiger partial charge >= 0.3 is 0 Å². The van der Waals surface area contributed by atoms with Crippen molar-refractivity contribution in [1.29, 1.82) is 0 Å². The van der Waals surface area contributed by atoms with Crippen LogP contribution in [0, 0.1) is 13.8 Å². The first-order valence-corrected chi connectivity index (χ1v) is 12.5. The van der Waals surface area contributed by atoms with E-state index in [2.05, 4.69) is 30.9 Å². The number of rotatable bonds is 6. The van der Waals surface area contributed by atoms with Crippen molar-refractivity contribution in [3.63, 3.8) is 0 Å². The molecular weight excluding hydrogens is 544 g/mol. The summed E-state index contributed by atoms with van der Waals surface area (Å²) in [5, 5.41) is 10.7. The molecule has 0 aliphatic heterocycles. The highest BCUT2D eigenvalue weighted by molar-refractivity contribution is 9.10. The normalized spacial score (nSPS) is 12.4. The van der Waals surface area contributed by atoms with Crippen LogP contribution in [0.1, 0.15) is 49.5 Å². The Balaban J connectivity index is 1.78. The molecule has 9 heteroatoms. The van der Waals surface area contributed by atoms with Gasteiger partial charge in [0.1, 0.15) is 21.9 Å². The SMILES string of the molecule is Cc1cnc(C(C)(C)O)nc1-c1cc(-n2c(C)cc(OC(C)c3ccccc3)c(Br)c2=O)c(Cl)cn1. The van der Waals surface area contributed by atoms with E-state index in [9.17, 15) is 9.90 Å². The molecule has 0 saturated heterocycles. The lowest BCUT2D eigenvalue weighted by Gasteiger charge is -2.20. The summed E-state index contributed by atoms with van der Waals surface area (Å²) >= 11 is 9.95. The fourth-order valence-electron chi connectivity index (χ4n) is 3.77. The van der Waals surface area contributed by atoms with E-state index in [1.807, 2.05) is 51.1 Å². The van der Waals surface area contributed by atoms with Crippen LogP contribution in [0.4, 0.5) is 0 Å². The second-order valence-electron chi connectivity index (χ2n) is 9.08. The number of hydrogen-bond donors (Lipinski definition) is 1. The van der Waals surface area contributed by atoms with Gasteiger partial charge in [0.25, 0.3) is 5.56 Å². The molecule has 0 saturated carbocycles. The van der Waals surface area contributed by atoms with Gasteiger partial charge in [-0.2, -0.15) is 0 Å². The Hall–Kier alpha value is -3.07. The molecule has 1 atom stereocenters. The van der Waals surface area contributed by atoms with E-state index < -0.39 is 5.60 Å². The van der Waals surface area contributed by atoms with Crippen LogP contribution in [-0.4, -0.2) is 24.6 Å². The van der Waals surface area contributed by atoms with E-state index >= 15 is 0 Å². The number of nitrogens with zero attached hydrogens (tertiary/aromatic N) is 4. The van der Waals surface area contributed by atoms with E-state index in [0.717, 1.165) is 11.1 Å². The van der Waals surface area contributed by atoms with Gasteiger partial charge < -0.3 is 9.84 Å². The molecule has 0 amide bonds. The zero-order valence-electron chi connectivity index (χ0n) is 20.6. The number of aryl methyl sites for hydroxylation is 2. The van der Waals surface area contributed by atoms with Gasteiger partial charge in [-0.15, -0.1) is 0 Å². The molecule has 0 bridgehead atoms. The Morgan fingerprint density at radius 3 is 2.47 bits per heavy atom. The number of halogens is 2. The van der Waals surface area contributed by atoms with Crippen molar-refractivity contribution in [2.45, 2.75) is 46.3 Å². The van der Waals surface area contributed by atoms with Gasteiger partial charge in [-0.05, 0) is 67.7 Å². The summed E-state index contributed by atoms with van der Waals surface area (Å²) in [6.45, 7) is 8.83. The van der Waals surface area contributed by atoms with E-state index in [0.29, 0.717) is 33.5 Å². The molecule has 0 radical (unpaired) electrons. The van der Waals surface area contributed by atoms with Crippen LogP contribution in [0.25, 0.3) is 17.1 Å². The Morgan fingerprint density at radius 2 is 1.81 bits per heavy atom. The monoisotopic (exact) mass is 568 g/mol. The van der Waals surface area contributed by atoms with Gasteiger partial charge in [0.05, 0.1) is 22.1 Å². The molecule has 4 aromatic rings. The van der Waals surface area contributed by atoms with Crippen molar-refractivity contribution < 1.29 is 9.84 Å². The van der Waals surface area contributed by atoms with Crippen LogP contribution in [0.5, 0.6) is 5.75 Å². The summed E-state index contributed by atoms with van der Waals surface area (Å²) in [6, 6.07) is 13.3. The number of hydrogen-bond acceptors (Lipinski definition) is 6. The van der Waals surface area contributed by atoms with Gasteiger partial charge in [0.15, 0.2) is 5.82 Å². The second-order valence-corrected chi connectivity index (χ2v) is 10.3. The van der Waals surface area contributed by atoms with Gasteiger partial charge in [0, 0.05) is 24.2 Å². The summed E-state index contributed by atoms with van der Waals surface area (Å²) in [7, 11) is 0. The molecule has 3 heterocycles. The average molecular weight is 570 g/mol. The highest BCUT2D eigenvalue weighted by atomic mass is 79.9. The van der Waals surface area contributed by atoms with Crippen molar-refractivity contribution in [2.24, 2.45) is 0 Å². The van der Waals surface area contributed by atoms with E-state index in [4.69, 9.17) is 16.3 Å². The molecule has 4 rings (SSSR count). The third-order valence-corrected chi connectivity index (χ3v) is 6.73. The summed E-state index contributed by atoms with van der Waals surface area (Å²) in [5.74, 6) is 0.712. The van der Waals surface area contributed by atoms with E-state index in [-0.39, 0.29) is 22.0 Å². The number of aliphatic hydroxyl groups is 1. The first-order chi connectivity index (χ1) is 17.0. The molecule has 1 N–H and O–H groups in total. The topological polar surface area (TPSA) is 90.1 Å². The molecule has 1 aromatic carbocycles. The summed E-state index contributed by atoms with van der Waals surface area (Å²) in [5.41, 5.74) is 2.36. The van der Waals surface area contributed by atoms with Crippen LogP contribution in [0.3, 0.4) is 0 Å². The Bertz CT molecular complexity index is 1480. The average Bonchev–Trinajstić information content (AvgIpc) is 2.83. The van der Waals surface area contributed by atoms with Gasteiger partial charge in [-0.25, -0.2) is 9.97 Å². The number of benzene rings is 1. The molecule has 186 valence electrons. The van der Waals surface area contributed by atoms with Crippen molar-refractivity contribution in [3.05, 3.63) is 97.4 Å². The lowest BCUT2D eigenvalue weighted by Crippen LogP contribution is -2.23. The Labute approximate surface area is 222 Å². The fourth-order valence-corrected chi connectivity index (χ4v) is 4.35. The lowest BCUT2D eigenvalue weighted by atomic mass is 10.1. The summed E-state index contributed by atoms with van der Waals surface area (Å²) < 4.78 is 7.91. The molecule has 36 heavy (non-hydrogen) atoms. The predicted molar refractivity (Wildman–Crippen MR) is 144 cm³/mol. The minimum atomic E-state index is -1.22. The minimum Gasteiger partial charge on any atom is -0.485 e. The summed E-state index contributed by atoms with van der Waals surface area (Å²) in [6.07, 6.45) is 2.87. The van der Waals surface area contributed by atoms with Crippen molar-refractivity contribution in [2.75, 3.05) is 0 Å². The molecular formula is C27H26BrClN4O3. The molecule has 7 nitrogen and oxygen atoms in total. The molecule has 3 aromatic heterocycles. The number of aromatic nitrogens is 4. The van der Waals surface area contributed by atoms with Crippen molar-refractivity contribution >= 4 is 27.5 Å². The molecule has 0 aliphatic rings. The molecule has 0 aliphatic carbocycles. The van der Waals surface area contributed by atoms with E-state index in [1.54, 1.807) is 32.2 Å². The van der Waals surface area contributed by atoms with Crippen LogP contribution >= 0.6 is 27.5 Å². The number of ether oxygens (including phenoxy) is 1. The Kier molecular flexibility index (Phi) is 7.31. The predicted octanol–water partition coefficient (Wildman–Crippen LogP) is 6.09. The van der Waals surface area contributed by atoms with Crippen LogP contribution in [0.15, 0.2) is 64.1 Å². The largest absolute Gasteiger partial charge is 0.485 e. The maximum absolute atomic E-state index is 13.5. The number of pyridine rings is 2. The highest BCUT2D eigenvalue weighted by Crippen LogP contribution is 2.32. The quantitative estimate of drug-likeness (QED) is 0.302. The molecule has 0 spiro atoms. The standard InChI is InChI=1S/C27H26BrClN4O3/c1-15-13-31-26(27(4,5)35)32-24(15)20-12-21(19(29)14-30-20)33-16(2)11-22(23(28)25(33)34)36-17(3)18-9-7-6-8-10-18/h6-14,17,35H,1-5H3. The van der Waals surface area contributed by atoms with Crippen LogP contribution < -0.4 is 10.3 Å². The third-order valence-electron chi connectivity index (χ3n) is 5.71. The molecule has 0 fully saturated rings. The third kappa shape index (κ3) is 5.21. The smallest absolute Gasteiger partial charge is 0.273 e. The Morgan fingerprint density at radius 1 is 1.11 bits per heavy atom. The lowest BCUT2D eigenvalue weighted by molar-refractivity contribution is 0.0688. The first kappa shape index (κ1) is 26.0. The van der Waals surface area contributed by atoms with Crippen molar-refractivity contribution in [3.8, 4) is 22.8 Å². The second kappa shape index (κ2) is 10.1. The van der Waals surface area contributed by atoms with Gasteiger partial charge in [-0.1, -0.05) is 41.9 Å². The van der Waals surface area contributed by atoms with Crippen LogP contribution in [-0.2, 0) is 5.60 Å². The van der Waals surface area contributed by atoms with Gasteiger partial charge in [0.2, 0.25) is 0 Å². The summed E-state index contributed by atoms with van der Waals surface area (Å²) in [4.78, 5) is 26.7. The molecule has 1 unspecified atom stereocenters. The van der Waals surface area contributed by atoms with E-state index in [1.165, 1.54) is 10.8 Å². The maximum Gasteiger partial charge on any atom is 0.273 e. The fraction of sp³-hybridized carbons (Fsp3) is 0.259. The highest BCUT2D eigenvalue weighted by Gasteiger charge is 2.23. The zero-order chi connectivity index (χ0) is 26.2. The maximum atomic E-state index is 13.5. The van der Waals surface area contributed by atoms with Crippen LogP contribution in [0.2, 0.25) is 5.02 Å². The zero-order valence-corrected chi connectivity index (χ0v) is 22.9. The minimum absolute atomic E-state index is 0.251. The van der Waals surface area contributed by atoms with Gasteiger partial charge in [-0.3, -0.25) is 14.3 Å². The first-order valence-electron chi connectivity index (χ1n) is 11.3. The van der Waals surface area contributed by atoms with Crippen molar-refractivity contribution in [1.82, 2.24) is 19.5 Å².